The number of carboxylic acid groups (broad SMARTS) is 7. The Balaban J connectivity index is -0.000000188. The maximum Gasteiger partial charge on any atom is 0.357 e. The highest BCUT2D eigenvalue weighted by Gasteiger charge is 2.51. The predicted octanol–water partition coefficient (Wildman–Crippen LogP) is 1.92. The van der Waals surface area contributed by atoms with Crippen LogP contribution in [0.5, 0.6) is 0 Å². The van der Waals surface area contributed by atoms with Crippen molar-refractivity contribution >= 4 is 95.0 Å². The van der Waals surface area contributed by atoms with Crippen molar-refractivity contribution in [3.05, 3.63) is 0 Å². The molecule has 0 aromatic carbocycles. The molecule has 0 fully saturated rings. The summed E-state index contributed by atoms with van der Waals surface area (Å²) in [6.45, 7) is 12.0. The number of aliphatic hydroxyl groups is 7. The molecule has 0 amide bonds. The zero-order chi connectivity index (χ0) is 77.2. The highest BCUT2D eigenvalue weighted by Crippen LogP contribution is 2.58. The van der Waals surface area contributed by atoms with Crippen molar-refractivity contribution in [2.24, 2.45) is 5.92 Å². The predicted molar refractivity (Wildman–Crippen MR) is 323 cm³/mol. The molecule has 0 aliphatic carbocycles. The summed E-state index contributed by atoms with van der Waals surface area (Å²) in [4.78, 5) is 194. The fourth-order valence-corrected chi connectivity index (χ4v) is 11.9. The third-order valence-corrected chi connectivity index (χ3v) is 23.1. The van der Waals surface area contributed by atoms with Crippen LogP contribution in [0.3, 0.4) is 0 Å². The van der Waals surface area contributed by atoms with Crippen molar-refractivity contribution in [3.63, 3.8) is 0 Å². The van der Waals surface area contributed by atoms with Crippen LogP contribution < -0.4 is 0 Å². The van der Waals surface area contributed by atoms with Gasteiger partial charge in [0.2, 0.25) is 0 Å². The van der Waals surface area contributed by atoms with Crippen LogP contribution in [-0.2, 0) is 65.5 Å². The Bertz CT molecular complexity index is 2680. The van der Waals surface area contributed by atoms with Crippen LogP contribution in [0.2, 0.25) is 0 Å². The van der Waals surface area contributed by atoms with Crippen molar-refractivity contribution in [1.29, 1.82) is 0 Å². The van der Waals surface area contributed by atoms with Crippen molar-refractivity contribution in [2.75, 3.05) is 0 Å². The van der Waals surface area contributed by atoms with Crippen LogP contribution in [0.15, 0.2) is 0 Å². The van der Waals surface area contributed by atoms with Gasteiger partial charge in [0.15, 0.2) is 37.4 Å². The van der Waals surface area contributed by atoms with E-state index in [-0.39, 0.29) is 32.1 Å². The second-order valence-corrected chi connectivity index (χ2v) is 35.0. The van der Waals surface area contributed by atoms with E-state index in [1.54, 1.807) is 13.8 Å². The highest BCUT2D eigenvalue weighted by molar-refractivity contribution is 7.55. The molecule has 0 rings (SSSR count). The average molecular weight is 1530 g/mol. The Labute approximate surface area is 538 Å². The molecule has 94 heavy (non-hydrogen) atoms. The topological polar surface area (TPSA) is 805 Å². The van der Waals surface area contributed by atoms with Gasteiger partial charge in [0.25, 0.3) is 0 Å². The van der Waals surface area contributed by atoms with Gasteiger partial charge in [0.05, 0.1) is 44.9 Å². The Kier molecular flexibility index (Phi) is 49.2. The summed E-state index contributed by atoms with van der Waals surface area (Å²) in [6.07, 6.45) is -1.57. The first-order valence-corrected chi connectivity index (χ1v) is 38.7. The molecule has 7 atom stereocenters. The Morgan fingerprint density at radius 1 is 0.287 bits per heavy atom. The van der Waals surface area contributed by atoms with Gasteiger partial charge in [-0.3, -0.25) is 65.5 Å². The smallest absolute Gasteiger partial charge is 0.357 e. The molecule has 49 heteroatoms. The number of rotatable bonds is 37. The largest absolute Gasteiger partial charge is 0.481 e. The van der Waals surface area contributed by atoms with Crippen LogP contribution in [0.25, 0.3) is 0 Å². The van der Waals surface area contributed by atoms with Gasteiger partial charge in [-0.05, 0) is 57.8 Å². The van der Waals surface area contributed by atoms with Gasteiger partial charge in [0.1, 0.15) is 0 Å². The van der Waals surface area contributed by atoms with Gasteiger partial charge in [-0.15, -0.1) is 0 Å². The van der Waals surface area contributed by atoms with E-state index in [9.17, 15) is 96.2 Å². The van der Waals surface area contributed by atoms with Crippen LogP contribution in [-0.4, -0.2) is 219 Å². The molecule has 564 valence electrons. The van der Waals surface area contributed by atoms with Crippen LogP contribution in [0.4, 0.5) is 0 Å². The number of carbonyl (C=O) groups is 7. The Morgan fingerprint density at radius 2 is 0.511 bits per heavy atom. The van der Waals surface area contributed by atoms with Crippen molar-refractivity contribution in [3.8, 4) is 0 Å². The molecule has 0 heterocycles. The first-order valence-electron chi connectivity index (χ1n) is 27.4. The zero-order valence-electron chi connectivity index (χ0n) is 52.5. The lowest BCUT2D eigenvalue weighted by atomic mass is 10.0. The molecule has 0 radical (unpaired) electrons. The fraction of sp³-hybridized carbons (Fsp3) is 0.844. The molecule has 0 bridgehead atoms. The Hall–Kier alpha value is -2.94. The highest BCUT2D eigenvalue weighted by atomic mass is 31.2. The molecule has 0 aliphatic rings. The quantitative estimate of drug-likeness (QED) is 0.0312. The molecule has 0 spiro atoms. The van der Waals surface area contributed by atoms with Crippen molar-refractivity contribution in [2.45, 2.75) is 234 Å². The third-order valence-electron chi connectivity index (χ3n) is 12.6. The molecule has 0 aromatic rings. The monoisotopic (exact) mass is 1530 g/mol. The summed E-state index contributed by atoms with van der Waals surface area (Å²) < 4.78 is 75.4. The summed E-state index contributed by atoms with van der Waals surface area (Å²) in [7, 11) is -33.5. The van der Waals surface area contributed by atoms with E-state index in [1.165, 1.54) is 20.8 Å². The lowest BCUT2D eigenvalue weighted by Gasteiger charge is -2.30. The summed E-state index contributed by atoms with van der Waals surface area (Å²) in [6, 6.07) is 0. The lowest BCUT2D eigenvalue weighted by Crippen LogP contribution is -2.37. The molecule has 0 saturated heterocycles. The van der Waals surface area contributed by atoms with E-state index in [4.69, 9.17) is 109 Å². The second kappa shape index (κ2) is 44.2. The first kappa shape index (κ1) is 105. The zero-order valence-corrected chi connectivity index (χ0v) is 58.8. The summed E-state index contributed by atoms with van der Waals surface area (Å²) in [5, 5.41) is 107. The van der Waals surface area contributed by atoms with E-state index in [0.717, 1.165) is 32.6 Å². The number of aliphatic carboxylic acids is 7. The lowest BCUT2D eigenvalue weighted by molar-refractivity contribution is -0.142. The minimum atomic E-state index is -4.82. The Morgan fingerprint density at radius 3 is 0.670 bits per heavy atom. The van der Waals surface area contributed by atoms with Gasteiger partial charge < -0.3 is 140 Å². The molecule has 0 aromatic heterocycles. The number of carboxylic acids is 7. The molecular formula is C45H97O42P7. The van der Waals surface area contributed by atoms with E-state index in [0.29, 0.717) is 38.5 Å². The molecule has 7 unspecified atom stereocenters. The fourth-order valence-electron chi connectivity index (χ4n) is 6.60. The maximum absolute atomic E-state index is 11.0. The van der Waals surface area contributed by atoms with Gasteiger partial charge in [-0.25, -0.2) is 0 Å². The number of unbranched alkanes of at least 4 members (excludes halogenated alkanes) is 6. The standard InChI is InChI=1S/C9H19O6P.C8H17O6P.C7H15O6P.2C6H13O6P.C5H11O6P.C4H9O6P/c1-2-3-4-5-6-9(12,7-8(10)11)16(13,14)15;1-2-3-4-5-8(11,6-7(9)10)15(12,13)14;1-2-3-4-7(10,5-6(8)9)14(11,12)13;1-4(2)6(9,3-5(7)8)13(10,11)12;1-2-3-6(9,4-5(7)8)13(10,11)12;1-2-5(8,3-4(6)7)12(9,10)11;1-4(7,2-3(5)6)11(8,9)10/h12H,2-7H2,1H3,(H,10,11)(H2,13,14,15);11H,2-6H2,1H3,(H,9,10)(H2,12,13,14);10H,2-5H2,1H3,(H,8,9)(H2,11,12,13);4,9H,3H2,1-2H3,(H,7,8)(H2,10,11,12);9H,2-4H2,1H3,(H,7,8)(H2,10,11,12);8H,2-3H2,1H3,(H,6,7)(H2,9,10,11);7H,2H2,1H3,(H,5,6)(H2,8,9,10). The molecule has 0 aliphatic heterocycles. The number of hydrogen-bond acceptors (Lipinski definition) is 21. The van der Waals surface area contributed by atoms with Crippen molar-refractivity contribution < 1.29 is 206 Å². The third kappa shape index (κ3) is 43.5. The SMILES string of the molecule is CC(C)C(O)(CC(=O)O)P(=O)(O)O.CC(O)(CC(=O)O)P(=O)(O)O.CCC(O)(CC(=O)O)P(=O)(O)O.CCCC(O)(CC(=O)O)P(=O)(O)O.CCCCC(O)(CC(=O)O)P(=O)(O)O.CCCCCC(O)(CC(=O)O)P(=O)(O)O.CCCCCCC(O)(CC(=O)O)P(=O)(O)O. The second-order valence-electron chi connectivity index (χ2n) is 21.4. The van der Waals surface area contributed by atoms with Crippen LogP contribution in [0, 0.1) is 5.92 Å². The minimum absolute atomic E-state index is 0.191. The maximum atomic E-state index is 11.0. The normalized spacial score (nSPS) is 16.5. The van der Waals surface area contributed by atoms with E-state index in [1.807, 2.05) is 13.8 Å². The van der Waals surface area contributed by atoms with Gasteiger partial charge >= 0.3 is 95.0 Å². The van der Waals surface area contributed by atoms with E-state index < -0.39 is 183 Å². The average Bonchev–Trinajstić information content (AvgIpc) is 0.871. The van der Waals surface area contributed by atoms with Gasteiger partial charge in [-0.2, -0.15) is 0 Å². The first-order chi connectivity index (χ1) is 41.4. The summed E-state index contributed by atoms with van der Waals surface area (Å²) in [5.41, 5.74) is 0. The van der Waals surface area contributed by atoms with Crippen molar-refractivity contribution in [1.82, 2.24) is 0 Å². The van der Waals surface area contributed by atoms with Gasteiger partial charge in [0, 0.05) is 0 Å². The molecule has 42 nitrogen and oxygen atoms in total. The minimum Gasteiger partial charge on any atom is -0.481 e. The summed E-state index contributed by atoms with van der Waals surface area (Å²) in [5.74, 6) is -10.9. The van der Waals surface area contributed by atoms with Crippen LogP contribution in [0.1, 0.15) is 197 Å². The van der Waals surface area contributed by atoms with E-state index >= 15 is 0 Å². The van der Waals surface area contributed by atoms with E-state index in [2.05, 4.69) is 0 Å². The van der Waals surface area contributed by atoms with Gasteiger partial charge in [-0.1, -0.05) is 99.8 Å². The molecule has 28 N–H and O–H groups in total. The number of hydrogen-bond donors (Lipinski definition) is 28. The summed E-state index contributed by atoms with van der Waals surface area (Å²) >= 11 is 0. The molecule has 0 saturated carbocycles. The van der Waals surface area contributed by atoms with Crippen LogP contribution >= 0.6 is 53.2 Å². The molecular weight excluding hydrogens is 1430 g/mol.